The molecule has 0 aromatic heterocycles. The van der Waals surface area contributed by atoms with Crippen molar-refractivity contribution in [3.05, 3.63) is 34.9 Å². The molecule has 1 unspecified atom stereocenters. The average molecular weight is 202 g/mol. The van der Waals surface area contributed by atoms with E-state index in [9.17, 15) is 4.39 Å². The van der Waals surface area contributed by atoms with Crippen molar-refractivity contribution >= 4 is 11.6 Å². The smallest absolute Gasteiger partial charge is 0.126 e. The van der Waals surface area contributed by atoms with Crippen LogP contribution in [-0.4, -0.2) is 13.6 Å². The maximum atomic E-state index is 13.4. The Kier molecular flexibility index (Phi) is 4.19. The largest absolute Gasteiger partial charge is 0.320 e. The van der Waals surface area contributed by atoms with Crippen molar-refractivity contribution in [1.29, 1.82) is 0 Å². The predicted octanol–water partition coefficient (Wildman–Crippen LogP) is 2.96. The van der Waals surface area contributed by atoms with E-state index < -0.39 is 6.17 Å². The van der Waals surface area contributed by atoms with Crippen LogP contribution < -0.4 is 5.32 Å². The van der Waals surface area contributed by atoms with Gasteiger partial charge in [0.25, 0.3) is 0 Å². The predicted molar refractivity (Wildman–Crippen MR) is 53.8 cm³/mol. The molecular weight excluding hydrogens is 189 g/mol. The van der Waals surface area contributed by atoms with E-state index in [1.54, 1.807) is 24.3 Å². The van der Waals surface area contributed by atoms with Gasteiger partial charge in [0.1, 0.15) is 6.17 Å². The fourth-order valence-corrected chi connectivity index (χ4v) is 1.24. The first kappa shape index (κ1) is 10.5. The van der Waals surface area contributed by atoms with E-state index in [1.807, 2.05) is 7.05 Å². The molecule has 1 atom stereocenters. The van der Waals surface area contributed by atoms with Crippen LogP contribution in [0.3, 0.4) is 0 Å². The summed E-state index contributed by atoms with van der Waals surface area (Å²) < 4.78 is 13.4. The molecule has 0 bridgehead atoms. The Bertz CT molecular complexity index is 248. The number of alkyl halides is 1. The molecule has 1 aromatic rings. The van der Waals surface area contributed by atoms with E-state index in [-0.39, 0.29) is 0 Å². The molecule has 0 heterocycles. The third-order valence-electron chi connectivity index (χ3n) is 1.88. The Balaban J connectivity index is 2.55. The zero-order chi connectivity index (χ0) is 9.68. The maximum Gasteiger partial charge on any atom is 0.126 e. The first-order valence-electron chi connectivity index (χ1n) is 4.28. The lowest BCUT2D eigenvalue weighted by Gasteiger charge is -2.07. The number of hydrogen-bond acceptors (Lipinski definition) is 1. The summed E-state index contributed by atoms with van der Waals surface area (Å²) in [5.41, 5.74) is 0.694. The van der Waals surface area contributed by atoms with Gasteiger partial charge in [-0.15, -0.1) is 0 Å². The zero-order valence-corrected chi connectivity index (χ0v) is 8.31. The van der Waals surface area contributed by atoms with E-state index in [2.05, 4.69) is 5.32 Å². The number of benzene rings is 1. The van der Waals surface area contributed by atoms with Crippen molar-refractivity contribution in [1.82, 2.24) is 5.32 Å². The van der Waals surface area contributed by atoms with E-state index in [0.29, 0.717) is 23.6 Å². The molecule has 0 saturated carbocycles. The molecule has 0 amide bonds. The minimum absolute atomic E-state index is 0.498. The summed E-state index contributed by atoms with van der Waals surface area (Å²) in [6.07, 6.45) is -0.400. The first-order valence-corrected chi connectivity index (χ1v) is 4.66. The van der Waals surface area contributed by atoms with Crippen molar-refractivity contribution in [3.63, 3.8) is 0 Å². The highest BCUT2D eigenvalue weighted by atomic mass is 35.5. The number of rotatable bonds is 4. The van der Waals surface area contributed by atoms with Gasteiger partial charge in [-0.05, 0) is 37.7 Å². The van der Waals surface area contributed by atoms with Gasteiger partial charge in [-0.25, -0.2) is 4.39 Å². The molecule has 1 nitrogen and oxygen atoms in total. The molecule has 13 heavy (non-hydrogen) atoms. The van der Waals surface area contributed by atoms with Crippen LogP contribution in [0.2, 0.25) is 5.02 Å². The Labute approximate surface area is 82.9 Å². The molecule has 1 rings (SSSR count). The van der Waals surface area contributed by atoms with Crippen molar-refractivity contribution < 1.29 is 4.39 Å². The lowest BCUT2D eigenvalue weighted by molar-refractivity contribution is 0.321. The van der Waals surface area contributed by atoms with Crippen molar-refractivity contribution in [2.24, 2.45) is 0 Å². The second-order valence-corrected chi connectivity index (χ2v) is 3.35. The van der Waals surface area contributed by atoms with Gasteiger partial charge in [-0.2, -0.15) is 0 Å². The molecule has 0 spiro atoms. The average Bonchev–Trinajstić information content (AvgIpc) is 2.15. The van der Waals surface area contributed by atoms with Crippen LogP contribution in [0.25, 0.3) is 0 Å². The summed E-state index contributed by atoms with van der Waals surface area (Å²) in [7, 11) is 1.81. The highest BCUT2D eigenvalue weighted by Gasteiger charge is 2.07. The quantitative estimate of drug-likeness (QED) is 0.790. The fourth-order valence-electron chi connectivity index (χ4n) is 1.11. The minimum Gasteiger partial charge on any atom is -0.320 e. The molecule has 0 aliphatic rings. The standard InChI is InChI=1S/C10H13ClFN/c1-13-7-6-10(12)8-2-4-9(11)5-3-8/h2-5,10,13H,6-7H2,1H3. The maximum absolute atomic E-state index is 13.4. The van der Waals surface area contributed by atoms with Crippen LogP contribution in [0.5, 0.6) is 0 Å². The summed E-state index contributed by atoms with van der Waals surface area (Å²) in [4.78, 5) is 0. The van der Waals surface area contributed by atoms with Crippen LogP contribution in [0.1, 0.15) is 18.2 Å². The van der Waals surface area contributed by atoms with Gasteiger partial charge >= 0.3 is 0 Å². The van der Waals surface area contributed by atoms with Crippen molar-refractivity contribution in [2.45, 2.75) is 12.6 Å². The summed E-state index contributed by atoms with van der Waals surface area (Å²) in [6, 6.07) is 6.87. The van der Waals surface area contributed by atoms with Gasteiger partial charge in [0.2, 0.25) is 0 Å². The lowest BCUT2D eigenvalue weighted by atomic mass is 10.1. The Morgan fingerprint density at radius 2 is 2.00 bits per heavy atom. The van der Waals surface area contributed by atoms with Gasteiger partial charge in [0.05, 0.1) is 0 Å². The molecule has 0 radical (unpaired) electrons. The summed E-state index contributed by atoms with van der Waals surface area (Å²) >= 11 is 5.69. The van der Waals surface area contributed by atoms with Gasteiger partial charge in [0, 0.05) is 5.02 Å². The third-order valence-corrected chi connectivity index (χ3v) is 2.13. The molecule has 0 aliphatic carbocycles. The Morgan fingerprint density at radius 3 is 2.54 bits per heavy atom. The molecule has 1 aromatic carbocycles. The van der Waals surface area contributed by atoms with Crippen LogP contribution >= 0.6 is 11.6 Å². The monoisotopic (exact) mass is 201 g/mol. The lowest BCUT2D eigenvalue weighted by Crippen LogP contribution is -2.10. The fraction of sp³-hybridized carbons (Fsp3) is 0.400. The first-order chi connectivity index (χ1) is 6.24. The van der Waals surface area contributed by atoms with E-state index in [1.165, 1.54) is 0 Å². The number of halogens is 2. The SMILES string of the molecule is CNCCC(F)c1ccc(Cl)cc1. The van der Waals surface area contributed by atoms with Crippen LogP contribution in [0, 0.1) is 0 Å². The molecule has 0 saturated heterocycles. The summed E-state index contributed by atoms with van der Waals surface area (Å²) in [5.74, 6) is 0. The van der Waals surface area contributed by atoms with Gasteiger partial charge < -0.3 is 5.32 Å². The van der Waals surface area contributed by atoms with E-state index >= 15 is 0 Å². The van der Waals surface area contributed by atoms with Crippen LogP contribution in [-0.2, 0) is 0 Å². The van der Waals surface area contributed by atoms with E-state index in [4.69, 9.17) is 11.6 Å². The molecule has 0 aliphatic heterocycles. The normalized spacial score (nSPS) is 12.8. The zero-order valence-electron chi connectivity index (χ0n) is 7.56. The van der Waals surface area contributed by atoms with Crippen molar-refractivity contribution in [2.75, 3.05) is 13.6 Å². The second-order valence-electron chi connectivity index (χ2n) is 2.91. The molecule has 0 fully saturated rings. The minimum atomic E-state index is -0.898. The number of nitrogens with one attached hydrogen (secondary N) is 1. The number of hydrogen-bond donors (Lipinski definition) is 1. The van der Waals surface area contributed by atoms with Gasteiger partial charge in [-0.3, -0.25) is 0 Å². The molecule has 72 valence electrons. The molecular formula is C10H13ClFN. The highest BCUT2D eigenvalue weighted by Crippen LogP contribution is 2.22. The van der Waals surface area contributed by atoms with Crippen LogP contribution in [0.4, 0.5) is 4.39 Å². The Morgan fingerprint density at radius 1 is 1.38 bits per heavy atom. The van der Waals surface area contributed by atoms with Crippen molar-refractivity contribution in [3.8, 4) is 0 Å². The molecule has 1 N–H and O–H groups in total. The second kappa shape index (κ2) is 5.20. The third kappa shape index (κ3) is 3.33. The summed E-state index contributed by atoms with van der Waals surface area (Å²) in [6.45, 7) is 0.684. The topological polar surface area (TPSA) is 12.0 Å². The van der Waals surface area contributed by atoms with Crippen LogP contribution in [0.15, 0.2) is 24.3 Å². The van der Waals surface area contributed by atoms with Gasteiger partial charge in [0.15, 0.2) is 0 Å². The van der Waals surface area contributed by atoms with Gasteiger partial charge in [-0.1, -0.05) is 23.7 Å². The molecule has 3 heteroatoms. The summed E-state index contributed by atoms with van der Waals surface area (Å²) in [5, 5.41) is 3.56. The Hall–Kier alpha value is -0.600. The highest BCUT2D eigenvalue weighted by molar-refractivity contribution is 6.30. The van der Waals surface area contributed by atoms with E-state index in [0.717, 1.165) is 0 Å².